The molecule has 1 atom stereocenters. The zero-order valence-corrected chi connectivity index (χ0v) is 14.7. The molecule has 5 heteroatoms. The highest BCUT2D eigenvalue weighted by Gasteiger charge is 2.32. The molecule has 26 heavy (non-hydrogen) atoms. The number of benzene rings is 2. The topological polar surface area (TPSA) is 49.4 Å². The Labute approximate surface area is 152 Å². The van der Waals surface area contributed by atoms with Crippen molar-refractivity contribution in [3.8, 4) is 0 Å². The molecule has 2 aliphatic rings. The molecule has 2 aromatic carbocycles. The van der Waals surface area contributed by atoms with Gasteiger partial charge in [0.2, 0.25) is 5.91 Å². The third-order valence-corrected chi connectivity index (χ3v) is 5.26. The lowest BCUT2D eigenvalue weighted by Gasteiger charge is -2.26. The molecule has 2 aliphatic heterocycles. The largest absolute Gasteiger partial charge is 0.332 e. The Morgan fingerprint density at radius 3 is 2.88 bits per heavy atom. The summed E-state index contributed by atoms with van der Waals surface area (Å²) in [6.07, 6.45) is 2.69. The van der Waals surface area contributed by atoms with Crippen LogP contribution in [0.25, 0.3) is 0 Å². The fraction of sp³-hybridized carbons (Fsp3) is 0.333. The molecule has 1 saturated heterocycles. The van der Waals surface area contributed by atoms with E-state index < -0.39 is 5.82 Å². The Morgan fingerprint density at radius 2 is 2.08 bits per heavy atom. The third kappa shape index (κ3) is 2.98. The van der Waals surface area contributed by atoms with Gasteiger partial charge in [0.25, 0.3) is 5.91 Å². The van der Waals surface area contributed by atoms with Crippen molar-refractivity contribution in [3.63, 3.8) is 0 Å². The molecule has 0 bridgehead atoms. The first-order valence-electron chi connectivity index (χ1n) is 9.03. The molecule has 0 aliphatic carbocycles. The van der Waals surface area contributed by atoms with Crippen molar-refractivity contribution in [1.29, 1.82) is 0 Å². The average Bonchev–Trinajstić information content (AvgIpc) is 3.10. The average molecular weight is 352 g/mol. The lowest BCUT2D eigenvalue weighted by atomic mass is 9.98. The Hall–Kier alpha value is -2.69. The molecule has 1 N–H and O–H groups in total. The monoisotopic (exact) mass is 352 g/mol. The number of amides is 2. The van der Waals surface area contributed by atoms with Gasteiger partial charge in [-0.15, -0.1) is 0 Å². The molecule has 4 nitrogen and oxygen atoms in total. The minimum absolute atomic E-state index is 0.0162. The SMILES string of the molecule is Cc1cccc([C@@H]2CCCN2C(=O)c2cc3c(cc2F)NC(=O)CC3)c1. The lowest BCUT2D eigenvalue weighted by Crippen LogP contribution is -2.31. The van der Waals surface area contributed by atoms with Gasteiger partial charge in [-0.2, -0.15) is 0 Å². The molecular formula is C21H21FN2O2. The van der Waals surface area contributed by atoms with Crippen LogP contribution in [0, 0.1) is 12.7 Å². The van der Waals surface area contributed by atoms with E-state index in [2.05, 4.69) is 11.4 Å². The summed E-state index contributed by atoms with van der Waals surface area (Å²) in [5.74, 6) is -0.966. The normalized spacial score (nSPS) is 19.2. The second kappa shape index (κ2) is 6.56. The van der Waals surface area contributed by atoms with Gasteiger partial charge in [-0.1, -0.05) is 29.8 Å². The number of hydrogen-bond donors (Lipinski definition) is 1. The predicted molar refractivity (Wildman–Crippen MR) is 97.5 cm³/mol. The Balaban J connectivity index is 1.66. The fourth-order valence-corrected chi connectivity index (χ4v) is 3.95. The standard InChI is InChI=1S/C21H21FN2O2/c1-13-4-2-5-15(10-13)19-6-3-9-24(19)21(26)16-11-14-7-8-20(25)23-18(14)12-17(16)22/h2,4-5,10-12,19H,3,6-9H2,1H3,(H,23,25)/t19-/m0/s1. The summed E-state index contributed by atoms with van der Waals surface area (Å²) in [7, 11) is 0. The van der Waals surface area contributed by atoms with Gasteiger partial charge in [-0.05, 0) is 49.4 Å². The van der Waals surface area contributed by atoms with Crippen molar-refractivity contribution in [2.24, 2.45) is 0 Å². The number of rotatable bonds is 2. The number of carbonyl (C=O) groups is 2. The summed E-state index contributed by atoms with van der Waals surface area (Å²) in [5, 5.41) is 2.67. The molecule has 1 fully saturated rings. The number of fused-ring (bicyclic) bond motifs is 1. The number of hydrogen-bond acceptors (Lipinski definition) is 2. The van der Waals surface area contributed by atoms with Crippen LogP contribution in [0.4, 0.5) is 10.1 Å². The minimum atomic E-state index is -0.578. The van der Waals surface area contributed by atoms with Gasteiger partial charge < -0.3 is 10.2 Å². The van der Waals surface area contributed by atoms with Crippen molar-refractivity contribution < 1.29 is 14.0 Å². The van der Waals surface area contributed by atoms with E-state index in [-0.39, 0.29) is 23.4 Å². The van der Waals surface area contributed by atoms with Gasteiger partial charge in [0, 0.05) is 18.7 Å². The number of aryl methyl sites for hydroxylation is 2. The van der Waals surface area contributed by atoms with E-state index in [4.69, 9.17) is 0 Å². The van der Waals surface area contributed by atoms with Crippen molar-refractivity contribution in [2.45, 2.75) is 38.6 Å². The van der Waals surface area contributed by atoms with Crippen LogP contribution in [-0.4, -0.2) is 23.3 Å². The molecule has 2 heterocycles. The Kier molecular flexibility index (Phi) is 4.23. The van der Waals surface area contributed by atoms with Crippen LogP contribution in [0.3, 0.4) is 0 Å². The van der Waals surface area contributed by atoms with Gasteiger partial charge >= 0.3 is 0 Å². The number of nitrogens with one attached hydrogen (secondary N) is 1. The Morgan fingerprint density at radius 1 is 1.23 bits per heavy atom. The van der Waals surface area contributed by atoms with Crippen LogP contribution in [0.5, 0.6) is 0 Å². The van der Waals surface area contributed by atoms with Gasteiger partial charge in [-0.25, -0.2) is 4.39 Å². The zero-order chi connectivity index (χ0) is 18.3. The fourth-order valence-electron chi connectivity index (χ4n) is 3.95. The van der Waals surface area contributed by atoms with E-state index in [0.29, 0.717) is 25.1 Å². The number of anilines is 1. The number of carbonyl (C=O) groups excluding carboxylic acids is 2. The predicted octanol–water partition coefficient (Wildman–Crippen LogP) is 4.00. The summed E-state index contributed by atoms with van der Waals surface area (Å²) >= 11 is 0. The molecule has 0 spiro atoms. The van der Waals surface area contributed by atoms with Crippen molar-refractivity contribution in [3.05, 3.63) is 64.5 Å². The highest BCUT2D eigenvalue weighted by molar-refractivity contribution is 5.98. The van der Waals surface area contributed by atoms with Crippen LogP contribution in [0.15, 0.2) is 36.4 Å². The molecule has 0 aromatic heterocycles. The highest BCUT2D eigenvalue weighted by atomic mass is 19.1. The van der Waals surface area contributed by atoms with Crippen LogP contribution in [0.1, 0.15) is 52.4 Å². The van der Waals surface area contributed by atoms with Crippen LogP contribution in [-0.2, 0) is 11.2 Å². The first-order valence-corrected chi connectivity index (χ1v) is 9.03. The summed E-state index contributed by atoms with van der Waals surface area (Å²) < 4.78 is 14.6. The maximum Gasteiger partial charge on any atom is 0.257 e. The molecule has 134 valence electrons. The molecule has 2 aromatic rings. The molecule has 2 amide bonds. The van der Waals surface area contributed by atoms with E-state index in [1.165, 1.54) is 6.07 Å². The van der Waals surface area contributed by atoms with E-state index in [1.54, 1.807) is 11.0 Å². The highest BCUT2D eigenvalue weighted by Crippen LogP contribution is 2.35. The maximum atomic E-state index is 14.6. The molecular weight excluding hydrogens is 331 g/mol. The number of nitrogens with zero attached hydrogens (tertiary/aromatic N) is 1. The lowest BCUT2D eigenvalue weighted by molar-refractivity contribution is -0.116. The van der Waals surface area contributed by atoms with Crippen molar-refractivity contribution >= 4 is 17.5 Å². The van der Waals surface area contributed by atoms with Crippen molar-refractivity contribution in [2.75, 3.05) is 11.9 Å². The zero-order valence-electron chi connectivity index (χ0n) is 14.7. The van der Waals surface area contributed by atoms with E-state index >= 15 is 0 Å². The minimum Gasteiger partial charge on any atom is -0.332 e. The summed E-state index contributed by atoms with van der Waals surface area (Å²) in [5.41, 5.74) is 3.64. The van der Waals surface area contributed by atoms with Crippen molar-refractivity contribution in [1.82, 2.24) is 4.90 Å². The van der Waals surface area contributed by atoms with Gasteiger partial charge in [0.15, 0.2) is 0 Å². The molecule has 0 saturated carbocycles. The first-order chi connectivity index (χ1) is 12.5. The molecule has 4 rings (SSSR count). The summed E-state index contributed by atoms with van der Waals surface area (Å²) in [4.78, 5) is 26.3. The van der Waals surface area contributed by atoms with Gasteiger partial charge in [-0.3, -0.25) is 9.59 Å². The van der Waals surface area contributed by atoms with Gasteiger partial charge in [0.1, 0.15) is 5.82 Å². The Bertz CT molecular complexity index is 894. The molecule has 0 radical (unpaired) electrons. The van der Waals surface area contributed by atoms with Crippen LogP contribution < -0.4 is 5.32 Å². The quantitative estimate of drug-likeness (QED) is 0.888. The van der Waals surface area contributed by atoms with E-state index in [9.17, 15) is 14.0 Å². The maximum absolute atomic E-state index is 14.6. The summed E-state index contributed by atoms with van der Waals surface area (Å²) in [6.45, 7) is 2.66. The smallest absolute Gasteiger partial charge is 0.257 e. The van der Waals surface area contributed by atoms with Crippen LogP contribution in [0.2, 0.25) is 0 Å². The van der Waals surface area contributed by atoms with E-state index in [0.717, 1.165) is 29.5 Å². The number of likely N-dealkylation sites (tertiary alicyclic amines) is 1. The molecule has 0 unspecified atom stereocenters. The second-order valence-electron chi connectivity index (χ2n) is 7.11. The first kappa shape index (κ1) is 16.8. The second-order valence-corrected chi connectivity index (χ2v) is 7.11. The van der Waals surface area contributed by atoms with E-state index in [1.807, 2.05) is 25.1 Å². The third-order valence-electron chi connectivity index (χ3n) is 5.26. The van der Waals surface area contributed by atoms with Crippen LogP contribution >= 0.6 is 0 Å². The van der Waals surface area contributed by atoms with Gasteiger partial charge in [0.05, 0.1) is 11.6 Å². The number of halogens is 1. The summed E-state index contributed by atoms with van der Waals surface area (Å²) in [6, 6.07) is 11.0.